The molecular weight excluding hydrogens is 310 g/mol. The monoisotopic (exact) mass is 324 g/mol. The Morgan fingerprint density at radius 1 is 1.39 bits per heavy atom. The summed E-state index contributed by atoms with van der Waals surface area (Å²) in [5, 5.41) is 17.0. The van der Waals surface area contributed by atoms with Crippen LogP contribution in [0, 0.1) is 17.0 Å². The van der Waals surface area contributed by atoms with Crippen molar-refractivity contribution < 1.29 is 18.5 Å². The Hall–Kier alpha value is -2.84. The summed E-state index contributed by atoms with van der Waals surface area (Å²) in [6.07, 6.45) is -2.76. The van der Waals surface area contributed by atoms with Gasteiger partial charge in [-0.15, -0.1) is 0 Å². The largest absolute Gasteiger partial charge is 0.327 e. The van der Waals surface area contributed by atoms with Crippen molar-refractivity contribution in [2.75, 3.05) is 6.54 Å². The van der Waals surface area contributed by atoms with Gasteiger partial charge < -0.3 is 4.90 Å². The fourth-order valence-corrected chi connectivity index (χ4v) is 2.14. The van der Waals surface area contributed by atoms with Gasteiger partial charge in [0, 0.05) is 6.54 Å². The molecule has 1 aromatic heterocycles. The van der Waals surface area contributed by atoms with Crippen molar-refractivity contribution in [3.8, 4) is 0 Å². The zero-order valence-electron chi connectivity index (χ0n) is 12.2. The first-order valence-corrected chi connectivity index (χ1v) is 6.71. The number of alkyl halides is 2. The molecule has 0 saturated carbocycles. The first-order chi connectivity index (χ1) is 10.9. The second kappa shape index (κ2) is 6.95. The molecule has 2 aromatic rings. The molecule has 0 spiro atoms. The minimum Gasteiger partial charge on any atom is -0.327 e. The molecule has 0 atom stereocenters. The summed E-state index contributed by atoms with van der Waals surface area (Å²) in [5.74, 6) is -0.912. The number of hydrogen-bond acceptors (Lipinski definition) is 4. The first kappa shape index (κ1) is 16.5. The number of aryl methyl sites for hydroxylation is 1. The van der Waals surface area contributed by atoms with Crippen LogP contribution in [0.1, 0.15) is 21.7 Å². The van der Waals surface area contributed by atoms with Crippen molar-refractivity contribution >= 4 is 11.6 Å². The lowest BCUT2D eigenvalue weighted by atomic mass is 10.2. The molecule has 1 heterocycles. The van der Waals surface area contributed by atoms with E-state index >= 15 is 0 Å². The Labute approximate surface area is 130 Å². The van der Waals surface area contributed by atoms with Crippen LogP contribution in [0.4, 0.5) is 14.5 Å². The van der Waals surface area contributed by atoms with Gasteiger partial charge in [-0.05, 0) is 12.5 Å². The lowest BCUT2D eigenvalue weighted by molar-refractivity contribution is -0.385. The van der Waals surface area contributed by atoms with Gasteiger partial charge in [-0.25, -0.2) is 8.78 Å². The Bertz CT molecular complexity index is 703. The van der Waals surface area contributed by atoms with Crippen molar-refractivity contribution in [3.63, 3.8) is 0 Å². The van der Waals surface area contributed by atoms with E-state index in [1.807, 2.05) is 0 Å². The van der Waals surface area contributed by atoms with Crippen LogP contribution in [0.15, 0.2) is 30.3 Å². The Morgan fingerprint density at radius 2 is 2.04 bits per heavy atom. The highest BCUT2D eigenvalue weighted by molar-refractivity contribution is 5.96. The van der Waals surface area contributed by atoms with Crippen LogP contribution in [0.25, 0.3) is 0 Å². The summed E-state index contributed by atoms with van der Waals surface area (Å²) in [6.45, 7) is 0.459. The van der Waals surface area contributed by atoms with Gasteiger partial charge >= 0.3 is 5.69 Å². The van der Waals surface area contributed by atoms with Crippen molar-refractivity contribution in [2.24, 2.45) is 0 Å². The molecule has 0 bridgehead atoms. The van der Waals surface area contributed by atoms with Crippen LogP contribution >= 0.6 is 0 Å². The standard InChI is InChI=1S/C14H14F2N4O3/c1-9-13(20(22)23)12(18-17-9)14(21)19(8-11(15)16)7-10-5-3-2-4-6-10/h2-6,11H,7-8H2,1H3,(H,17,18). The maximum atomic E-state index is 12.8. The molecular formula is C14H14F2N4O3. The van der Waals surface area contributed by atoms with Gasteiger partial charge in [0.2, 0.25) is 5.69 Å². The summed E-state index contributed by atoms with van der Waals surface area (Å²) in [7, 11) is 0. The molecule has 0 unspecified atom stereocenters. The molecule has 7 nitrogen and oxygen atoms in total. The molecule has 1 amide bonds. The summed E-state index contributed by atoms with van der Waals surface area (Å²) < 4.78 is 25.5. The lowest BCUT2D eigenvalue weighted by Crippen LogP contribution is -2.35. The molecule has 0 radical (unpaired) electrons. The number of aromatic amines is 1. The number of hydrogen-bond donors (Lipinski definition) is 1. The fourth-order valence-electron chi connectivity index (χ4n) is 2.14. The maximum absolute atomic E-state index is 12.8. The van der Waals surface area contributed by atoms with Crippen LogP contribution in [0.5, 0.6) is 0 Å². The van der Waals surface area contributed by atoms with E-state index in [4.69, 9.17) is 0 Å². The number of benzene rings is 1. The molecule has 122 valence electrons. The van der Waals surface area contributed by atoms with Crippen molar-refractivity contribution in [1.82, 2.24) is 15.1 Å². The maximum Gasteiger partial charge on any atom is 0.322 e. The normalized spacial score (nSPS) is 10.8. The topological polar surface area (TPSA) is 92.1 Å². The van der Waals surface area contributed by atoms with E-state index in [9.17, 15) is 23.7 Å². The van der Waals surface area contributed by atoms with Gasteiger partial charge in [0.1, 0.15) is 5.69 Å². The van der Waals surface area contributed by atoms with Crippen LogP contribution in [-0.4, -0.2) is 38.9 Å². The van der Waals surface area contributed by atoms with Gasteiger partial charge in [-0.3, -0.25) is 20.0 Å². The van der Waals surface area contributed by atoms with E-state index in [1.165, 1.54) is 6.92 Å². The quantitative estimate of drug-likeness (QED) is 0.653. The number of amides is 1. The van der Waals surface area contributed by atoms with Crippen LogP contribution < -0.4 is 0 Å². The highest BCUT2D eigenvalue weighted by Gasteiger charge is 2.31. The van der Waals surface area contributed by atoms with Crippen LogP contribution in [-0.2, 0) is 6.54 Å². The smallest absolute Gasteiger partial charge is 0.322 e. The van der Waals surface area contributed by atoms with Gasteiger partial charge in [0.05, 0.1) is 11.5 Å². The molecule has 0 fully saturated rings. The minimum atomic E-state index is -2.76. The Morgan fingerprint density at radius 3 is 2.61 bits per heavy atom. The third-order valence-corrected chi connectivity index (χ3v) is 3.16. The van der Waals surface area contributed by atoms with Gasteiger partial charge in [0.25, 0.3) is 12.3 Å². The second-order valence-electron chi connectivity index (χ2n) is 4.87. The van der Waals surface area contributed by atoms with Crippen LogP contribution in [0.3, 0.4) is 0 Å². The van der Waals surface area contributed by atoms with Crippen molar-refractivity contribution in [1.29, 1.82) is 0 Å². The zero-order valence-corrected chi connectivity index (χ0v) is 12.2. The highest BCUT2D eigenvalue weighted by Crippen LogP contribution is 2.22. The molecule has 1 aromatic carbocycles. The van der Waals surface area contributed by atoms with Crippen LogP contribution in [0.2, 0.25) is 0 Å². The predicted molar refractivity (Wildman–Crippen MR) is 77.2 cm³/mol. The number of nitro groups is 1. The third-order valence-electron chi connectivity index (χ3n) is 3.16. The zero-order chi connectivity index (χ0) is 17.0. The number of carbonyl (C=O) groups is 1. The number of nitrogens with one attached hydrogen (secondary N) is 1. The van der Waals surface area contributed by atoms with Crippen molar-refractivity contribution in [2.45, 2.75) is 19.9 Å². The van der Waals surface area contributed by atoms with E-state index in [2.05, 4.69) is 10.2 Å². The van der Waals surface area contributed by atoms with E-state index in [-0.39, 0.29) is 12.2 Å². The summed E-state index contributed by atoms with van der Waals surface area (Å²) in [4.78, 5) is 23.6. The van der Waals surface area contributed by atoms with Crippen molar-refractivity contribution in [3.05, 3.63) is 57.4 Å². The molecule has 0 saturated heterocycles. The predicted octanol–water partition coefficient (Wildman–Crippen LogP) is 2.53. The van der Waals surface area contributed by atoms with E-state index < -0.39 is 35.2 Å². The molecule has 0 aliphatic heterocycles. The molecule has 1 N–H and O–H groups in total. The number of rotatable bonds is 6. The number of nitrogens with zero attached hydrogens (tertiary/aromatic N) is 3. The lowest BCUT2D eigenvalue weighted by Gasteiger charge is -2.21. The molecule has 23 heavy (non-hydrogen) atoms. The van der Waals surface area contributed by atoms with Gasteiger partial charge in [-0.2, -0.15) is 5.10 Å². The average Bonchev–Trinajstić information content (AvgIpc) is 2.88. The Balaban J connectivity index is 2.32. The summed E-state index contributed by atoms with van der Waals surface area (Å²) in [5.41, 5.74) is -0.238. The van der Waals surface area contributed by atoms with E-state index in [1.54, 1.807) is 30.3 Å². The average molecular weight is 324 g/mol. The number of carbonyl (C=O) groups excluding carboxylic acids is 1. The summed E-state index contributed by atoms with van der Waals surface area (Å²) >= 11 is 0. The summed E-state index contributed by atoms with van der Waals surface area (Å²) in [6, 6.07) is 8.53. The number of aromatic nitrogens is 2. The first-order valence-electron chi connectivity index (χ1n) is 6.71. The molecule has 2 rings (SSSR count). The molecule has 0 aliphatic rings. The fraction of sp³-hybridized carbons (Fsp3) is 0.286. The van der Waals surface area contributed by atoms with Gasteiger partial charge in [0.15, 0.2) is 0 Å². The van der Waals surface area contributed by atoms with E-state index in [0.29, 0.717) is 5.56 Å². The minimum absolute atomic E-state index is 0.0902. The molecule has 9 heteroatoms. The SMILES string of the molecule is Cc1[nH]nc(C(=O)N(Cc2ccccc2)CC(F)F)c1[N+](=O)[O-]. The second-order valence-corrected chi connectivity index (χ2v) is 4.87. The highest BCUT2D eigenvalue weighted by atomic mass is 19.3. The number of H-pyrrole nitrogens is 1. The van der Waals surface area contributed by atoms with E-state index in [0.717, 1.165) is 4.90 Å². The third kappa shape index (κ3) is 3.87. The van der Waals surface area contributed by atoms with Gasteiger partial charge in [-0.1, -0.05) is 30.3 Å². The Kier molecular flexibility index (Phi) is 4.99. The number of halogens is 2. The molecule has 0 aliphatic carbocycles.